The SMILES string of the molecule is Cn1ccnc1C(NC(=O)c1cc(=O)[nH]c2cc(F)ccc12)C1CC1. The molecule has 1 amide bonds. The number of carbonyl (C=O) groups is 1. The first-order valence-corrected chi connectivity index (χ1v) is 8.13. The Morgan fingerprint density at radius 1 is 1.40 bits per heavy atom. The van der Waals surface area contributed by atoms with Crippen LogP contribution in [0, 0.1) is 11.7 Å². The quantitative estimate of drug-likeness (QED) is 0.765. The van der Waals surface area contributed by atoms with Crippen LogP contribution in [0.5, 0.6) is 0 Å². The van der Waals surface area contributed by atoms with Crippen molar-refractivity contribution in [3.63, 3.8) is 0 Å². The van der Waals surface area contributed by atoms with E-state index >= 15 is 0 Å². The first kappa shape index (κ1) is 15.6. The molecule has 1 aliphatic rings. The molecule has 0 saturated heterocycles. The van der Waals surface area contributed by atoms with Crippen molar-refractivity contribution in [2.24, 2.45) is 13.0 Å². The molecule has 128 valence electrons. The van der Waals surface area contributed by atoms with Crippen molar-refractivity contribution < 1.29 is 9.18 Å². The van der Waals surface area contributed by atoms with Crippen LogP contribution in [0.15, 0.2) is 41.5 Å². The lowest BCUT2D eigenvalue weighted by Crippen LogP contribution is -2.32. The number of rotatable bonds is 4. The second-order valence-electron chi connectivity index (χ2n) is 6.42. The van der Waals surface area contributed by atoms with E-state index in [9.17, 15) is 14.0 Å². The molecule has 7 heteroatoms. The number of aryl methyl sites for hydroxylation is 1. The standard InChI is InChI=1S/C18H17FN4O2/c1-23-7-6-20-17(23)16(10-2-3-10)22-18(25)13-9-15(24)21-14-8-11(19)4-5-12(13)14/h4-10,16H,2-3H2,1H3,(H,21,24)(H,22,25). The molecule has 1 saturated carbocycles. The molecule has 2 heterocycles. The Morgan fingerprint density at radius 2 is 2.20 bits per heavy atom. The lowest BCUT2D eigenvalue weighted by molar-refractivity contribution is 0.0930. The Morgan fingerprint density at radius 3 is 2.88 bits per heavy atom. The number of benzene rings is 1. The molecule has 2 N–H and O–H groups in total. The molecule has 0 aliphatic heterocycles. The Balaban J connectivity index is 1.72. The Kier molecular flexibility index (Phi) is 3.63. The minimum Gasteiger partial charge on any atom is -0.342 e. The van der Waals surface area contributed by atoms with E-state index in [2.05, 4.69) is 15.3 Å². The molecule has 1 aromatic carbocycles. The fourth-order valence-electron chi connectivity index (χ4n) is 3.14. The van der Waals surface area contributed by atoms with E-state index in [1.807, 2.05) is 17.8 Å². The largest absolute Gasteiger partial charge is 0.342 e. The van der Waals surface area contributed by atoms with E-state index in [4.69, 9.17) is 0 Å². The third-order valence-electron chi connectivity index (χ3n) is 4.57. The van der Waals surface area contributed by atoms with E-state index in [1.165, 1.54) is 24.3 Å². The van der Waals surface area contributed by atoms with Gasteiger partial charge in [-0.15, -0.1) is 0 Å². The molecule has 1 aliphatic carbocycles. The van der Waals surface area contributed by atoms with Gasteiger partial charge in [0.15, 0.2) is 0 Å². The van der Waals surface area contributed by atoms with Gasteiger partial charge in [-0.3, -0.25) is 9.59 Å². The molecule has 2 aromatic heterocycles. The summed E-state index contributed by atoms with van der Waals surface area (Å²) in [4.78, 5) is 31.6. The lowest BCUT2D eigenvalue weighted by Gasteiger charge is -2.18. The molecule has 0 bridgehead atoms. The number of halogens is 1. The van der Waals surface area contributed by atoms with Crippen LogP contribution in [-0.2, 0) is 7.05 Å². The number of hydrogen-bond acceptors (Lipinski definition) is 3. The van der Waals surface area contributed by atoms with Crippen molar-refractivity contribution in [3.05, 3.63) is 64.2 Å². The van der Waals surface area contributed by atoms with E-state index in [-0.39, 0.29) is 17.5 Å². The number of H-pyrrole nitrogens is 1. The summed E-state index contributed by atoms with van der Waals surface area (Å²) in [6.07, 6.45) is 5.59. The van der Waals surface area contributed by atoms with Crippen LogP contribution in [0.4, 0.5) is 4.39 Å². The first-order chi connectivity index (χ1) is 12.0. The number of aromatic amines is 1. The van der Waals surface area contributed by atoms with E-state index in [0.29, 0.717) is 16.8 Å². The predicted molar refractivity (Wildman–Crippen MR) is 90.7 cm³/mol. The zero-order valence-electron chi connectivity index (χ0n) is 13.6. The summed E-state index contributed by atoms with van der Waals surface area (Å²) in [7, 11) is 1.88. The average Bonchev–Trinajstić information content (AvgIpc) is 3.32. The molecular formula is C18H17FN4O2. The number of amides is 1. The molecule has 1 atom stereocenters. The maximum absolute atomic E-state index is 13.4. The minimum atomic E-state index is -0.468. The van der Waals surface area contributed by atoms with Crippen LogP contribution in [0.2, 0.25) is 0 Å². The van der Waals surface area contributed by atoms with Gasteiger partial charge in [-0.2, -0.15) is 0 Å². The number of hydrogen-bond donors (Lipinski definition) is 2. The van der Waals surface area contributed by atoms with E-state index in [0.717, 1.165) is 18.7 Å². The van der Waals surface area contributed by atoms with Gasteiger partial charge >= 0.3 is 0 Å². The second-order valence-corrected chi connectivity index (χ2v) is 6.42. The molecule has 0 spiro atoms. The third kappa shape index (κ3) is 2.93. The molecule has 0 radical (unpaired) electrons. The molecular weight excluding hydrogens is 323 g/mol. The van der Waals surface area contributed by atoms with Crippen LogP contribution >= 0.6 is 0 Å². The molecule has 1 fully saturated rings. The smallest absolute Gasteiger partial charge is 0.252 e. The van der Waals surface area contributed by atoms with Gasteiger partial charge in [0.1, 0.15) is 11.6 Å². The zero-order valence-corrected chi connectivity index (χ0v) is 13.6. The van der Waals surface area contributed by atoms with Crippen LogP contribution in [0.3, 0.4) is 0 Å². The summed E-state index contributed by atoms with van der Waals surface area (Å²) < 4.78 is 15.3. The molecule has 4 rings (SSSR count). The van der Waals surface area contributed by atoms with E-state index < -0.39 is 11.4 Å². The maximum Gasteiger partial charge on any atom is 0.252 e. The number of aromatic nitrogens is 3. The molecule has 3 aromatic rings. The van der Waals surface area contributed by atoms with Gasteiger partial charge < -0.3 is 14.9 Å². The monoisotopic (exact) mass is 340 g/mol. The van der Waals surface area contributed by atoms with Gasteiger partial charge in [0.2, 0.25) is 5.56 Å². The number of nitrogens with zero attached hydrogens (tertiary/aromatic N) is 2. The summed E-state index contributed by atoms with van der Waals surface area (Å²) in [5.41, 5.74) is 0.0967. The summed E-state index contributed by atoms with van der Waals surface area (Å²) >= 11 is 0. The van der Waals surface area contributed by atoms with Gasteiger partial charge in [0.25, 0.3) is 5.91 Å². The zero-order chi connectivity index (χ0) is 17.6. The number of fused-ring (bicyclic) bond motifs is 1. The van der Waals surface area contributed by atoms with Crippen molar-refractivity contribution in [2.45, 2.75) is 18.9 Å². The van der Waals surface area contributed by atoms with Crippen molar-refractivity contribution in [1.82, 2.24) is 19.9 Å². The number of pyridine rings is 1. The number of nitrogens with one attached hydrogen (secondary N) is 2. The fourth-order valence-corrected chi connectivity index (χ4v) is 3.14. The predicted octanol–water partition coefficient (Wildman–Crippen LogP) is 2.28. The van der Waals surface area contributed by atoms with Gasteiger partial charge in [-0.05, 0) is 37.0 Å². The summed E-state index contributed by atoms with van der Waals surface area (Å²) in [6.45, 7) is 0. The Hall–Kier alpha value is -2.96. The maximum atomic E-state index is 13.4. The van der Waals surface area contributed by atoms with Crippen molar-refractivity contribution >= 4 is 16.8 Å². The summed E-state index contributed by atoms with van der Waals surface area (Å²) in [6, 6.07) is 5.03. The van der Waals surface area contributed by atoms with Crippen molar-refractivity contribution in [3.8, 4) is 0 Å². The van der Waals surface area contributed by atoms with Crippen molar-refractivity contribution in [1.29, 1.82) is 0 Å². The van der Waals surface area contributed by atoms with E-state index in [1.54, 1.807) is 6.20 Å². The lowest BCUT2D eigenvalue weighted by atomic mass is 10.1. The van der Waals surface area contributed by atoms with Crippen molar-refractivity contribution in [2.75, 3.05) is 0 Å². The second kappa shape index (κ2) is 5.84. The van der Waals surface area contributed by atoms with Gasteiger partial charge in [0, 0.05) is 30.9 Å². The molecule has 25 heavy (non-hydrogen) atoms. The first-order valence-electron chi connectivity index (χ1n) is 8.13. The van der Waals surface area contributed by atoms with Gasteiger partial charge in [-0.25, -0.2) is 9.37 Å². The average molecular weight is 340 g/mol. The third-order valence-corrected chi connectivity index (χ3v) is 4.57. The summed E-state index contributed by atoms with van der Waals surface area (Å²) in [5, 5.41) is 3.51. The Bertz CT molecular complexity index is 1020. The van der Waals surface area contributed by atoms with Crippen LogP contribution in [0.25, 0.3) is 10.9 Å². The topological polar surface area (TPSA) is 79.8 Å². The molecule has 6 nitrogen and oxygen atoms in total. The number of carbonyl (C=O) groups excluding carboxylic acids is 1. The number of imidazole rings is 1. The highest BCUT2D eigenvalue weighted by molar-refractivity contribution is 6.06. The highest BCUT2D eigenvalue weighted by atomic mass is 19.1. The van der Waals surface area contributed by atoms with Gasteiger partial charge in [0.05, 0.1) is 17.1 Å². The normalized spacial score (nSPS) is 15.3. The highest BCUT2D eigenvalue weighted by Crippen LogP contribution is 2.40. The van der Waals surface area contributed by atoms with Gasteiger partial charge in [-0.1, -0.05) is 0 Å². The van der Waals surface area contributed by atoms with Crippen LogP contribution in [0.1, 0.15) is 35.1 Å². The van der Waals surface area contributed by atoms with Crippen LogP contribution in [-0.4, -0.2) is 20.4 Å². The highest BCUT2D eigenvalue weighted by Gasteiger charge is 2.36. The minimum absolute atomic E-state index is 0.206. The van der Waals surface area contributed by atoms with Crippen LogP contribution < -0.4 is 10.9 Å². The Labute approximate surface area is 142 Å². The summed E-state index contributed by atoms with van der Waals surface area (Å²) in [5.74, 6) is 0.305. The molecule has 1 unspecified atom stereocenters. The fraction of sp³-hybridized carbons (Fsp3) is 0.278.